The highest BCUT2D eigenvalue weighted by molar-refractivity contribution is 7.88. The molecule has 1 atom stereocenters. The lowest BCUT2D eigenvalue weighted by atomic mass is 10.1. The molecule has 0 spiro atoms. The number of piperidine rings is 1. The van der Waals surface area contributed by atoms with Crippen molar-refractivity contribution in [3.05, 3.63) is 18.5 Å². The monoisotopic (exact) mass is 327 g/mol. The minimum atomic E-state index is -3.35. The van der Waals surface area contributed by atoms with E-state index in [1.807, 2.05) is 4.90 Å². The number of likely N-dealkylation sites (N-methyl/N-ethyl adjacent to an activating group) is 1. The summed E-state index contributed by atoms with van der Waals surface area (Å²) in [4.78, 5) is 22.4. The van der Waals surface area contributed by atoms with Crippen molar-refractivity contribution in [2.24, 2.45) is 0 Å². The largest absolute Gasteiger partial charge is 0.350 e. The average Bonchev–Trinajstić information content (AvgIpc) is 2.47. The summed E-state index contributed by atoms with van der Waals surface area (Å²) in [5.41, 5.74) is 0. The Labute approximate surface area is 130 Å². The molecule has 1 aromatic heterocycles. The third-order valence-electron chi connectivity index (χ3n) is 3.55. The van der Waals surface area contributed by atoms with Crippen LogP contribution in [0.3, 0.4) is 0 Å². The van der Waals surface area contributed by atoms with Crippen LogP contribution in [0.25, 0.3) is 0 Å². The molecular weight excluding hydrogens is 306 g/mol. The van der Waals surface area contributed by atoms with Gasteiger partial charge in [0.15, 0.2) is 0 Å². The van der Waals surface area contributed by atoms with Crippen molar-refractivity contribution < 1.29 is 13.2 Å². The van der Waals surface area contributed by atoms with Crippen LogP contribution in [0.1, 0.15) is 12.8 Å². The van der Waals surface area contributed by atoms with Gasteiger partial charge in [-0.2, -0.15) is 4.31 Å². The van der Waals surface area contributed by atoms with Crippen LogP contribution in [0.15, 0.2) is 18.5 Å². The van der Waals surface area contributed by atoms with E-state index >= 15 is 0 Å². The zero-order chi connectivity index (χ0) is 16.2. The Hall–Kier alpha value is -1.74. The summed E-state index contributed by atoms with van der Waals surface area (Å²) in [6.07, 6.45) is 6.23. The number of hydrogen-bond acceptors (Lipinski definition) is 6. The maximum atomic E-state index is 11.9. The molecule has 0 aliphatic carbocycles. The van der Waals surface area contributed by atoms with Gasteiger partial charge in [-0.05, 0) is 18.9 Å². The van der Waals surface area contributed by atoms with Crippen molar-refractivity contribution in [3.63, 3.8) is 0 Å². The Morgan fingerprint density at radius 2 is 2.14 bits per heavy atom. The number of carbonyl (C=O) groups is 1. The number of nitrogens with zero attached hydrogens (tertiary/aromatic N) is 4. The Kier molecular flexibility index (Phi) is 5.30. The second-order valence-electron chi connectivity index (χ2n) is 5.42. The molecule has 1 aliphatic rings. The quantitative estimate of drug-likeness (QED) is 0.780. The van der Waals surface area contributed by atoms with E-state index in [9.17, 15) is 13.2 Å². The third-order valence-corrected chi connectivity index (χ3v) is 4.82. The topological polar surface area (TPSA) is 95.5 Å². The molecule has 9 heteroatoms. The van der Waals surface area contributed by atoms with E-state index in [0.717, 1.165) is 29.9 Å². The van der Waals surface area contributed by atoms with Crippen LogP contribution < -0.4 is 10.2 Å². The fourth-order valence-electron chi connectivity index (χ4n) is 2.32. The zero-order valence-corrected chi connectivity index (χ0v) is 13.6. The smallest absolute Gasteiger partial charge is 0.235 e. The van der Waals surface area contributed by atoms with E-state index in [0.29, 0.717) is 12.5 Å². The maximum absolute atomic E-state index is 11.9. The minimum Gasteiger partial charge on any atom is -0.350 e. The second kappa shape index (κ2) is 7.01. The first-order chi connectivity index (χ1) is 10.4. The van der Waals surface area contributed by atoms with Crippen LogP contribution in [0, 0.1) is 0 Å². The number of anilines is 1. The highest BCUT2D eigenvalue weighted by atomic mass is 32.2. The van der Waals surface area contributed by atoms with Gasteiger partial charge in [-0.25, -0.2) is 18.4 Å². The zero-order valence-electron chi connectivity index (χ0n) is 12.8. The number of aromatic nitrogens is 2. The summed E-state index contributed by atoms with van der Waals surface area (Å²) in [6.45, 7) is 1.30. The lowest BCUT2D eigenvalue weighted by Crippen LogP contribution is -2.50. The lowest BCUT2D eigenvalue weighted by Gasteiger charge is -2.33. The molecule has 0 aromatic carbocycles. The molecule has 2 rings (SSSR count). The third kappa shape index (κ3) is 4.63. The summed E-state index contributed by atoms with van der Waals surface area (Å²) in [6, 6.07) is 1.73. The number of nitrogens with one attached hydrogen (secondary N) is 1. The molecule has 1 fully saturated rings. The Bertz CT molecular complexity index is 607. The van der Waals surface area contributed by atoms with E-state index in [1.54, 1.807) is 18.5 Å². The fourth-order valence-corrected chi connectivity index (χ4v) is 2.68. The van der Waals surface area contributed by atoms with Crippen LogP contribution in [-0.4, -0.2) is 67.6 Å². The molecule has 1 saturated heterocycles. The van der Waals surface area contributed by atoms with E-state index in [-0.39, 0.29) is 18.5 Å². The molecule has 0 bridgehead atoms. The fraction of sp³-hybridized carbons (Fsp3) is 0.615. The summed E-state index contributed by atoms with van der Waals surface area (Å²) in [7, 11) is -1.96. The number of hydrogen-bond donors (Lipinski definition) is 1. The number of carbonyl (C=O) groups excluding carboxylic acids is 1. The van der Waals surface area contributed by atoms with E-state index in [1.165, 1.54) is 7.05 Å². The molecule has 22 heavy (non-hydrogen) atoms. The van der Waals surface area contributed by atoms with Gasteiger partial charge >= 0.3 is 0 Å². The molecule has 1 amide bonds. The van der Waals surface area contributed by atoms with Gasteiger partial charge in [0.1, 0.15) is 0 Å². The van der Waals surface area contributed by atoms with Gasteiger partial charge in [0, 0.05) is 38.6 Å². The Morgan fingerprint density at radius 1 is 1.45 bits per heavy atom. The predicted octanol–water partition coefficient (Wildman–Crippen LogP) is -0.547. The summed E-state index contributed by atoms with van der Waals surface area (Å²) in [5.74, 6) is 0.350. The van der Waals surface area contributed by atoms with Crippen LogP contribution in [-0.2, 0) is 14.8 Å². The van der Waals surface area contributed by atoms with Gasteiger partial charge in [-0.15, -0.1) is 0 Å². The van der Waals surface area contributed by atoms with Gasteiger partial charge in [-0.3, -0.25) is 4.79 Å². The lowest BCUT2D eigenvalue weighted by molar-refractivity contribution is -0.121. The highest BCUT2D eigenvalue weighted by Crippen LogP contribution is 2.15. The Balaban J connectivity index is 1.89. The van der Waals surface area contributed by atoms with E-state index in [2.05, 4.69) is 15.3 Å². The van der Waals surface area contributed by atoms with Crippen LogP contribution in [0.5, 0.6) is 0 Å². The van der Waals surface area contributed by atoms with E-state index in [4.69, 9.17) is 0 Å². The maximum Gasteiger partial charge on any atom is 0.235 e. The Morgan fingerprint density at radius 3 is 2.77 bits per heavy atom. The molecule has 1 unspecified atom stereocenters. The van der Waals surface area contributed by atoms with Crippen molar-refractivity contribution in [2.45, 2.75) is 18.9 Å². The van der Waals surface area contributed by atoms with Gasteiger partial charge in [0.2, 0.25) is 21.9 Å². The van der Waals surface area contributed by atoms with Crippen LogP contribution in [0.2, 0.25) is 0 Å². The van der Waals surface area contributed by atoms with Gasteiger partial charge in [0.25, 0.3) is 0 Å². The van der Waals surface area contributed by atoms with Crippen molar-refractivity contribution in [3.8, 4) is 0 Å². The average molecular weight is 327 g/mol. The molecular formula is C13H21N5O3S. The number of sulfonamides is 1. The van der Waals surface area contributed by atoms with Crippen LogP contribution in [0.4, 0.5) is 5.95 Å². The van der Waals surface area contributed by atoms with Crippen molar-refractivity contribution in [1.82, 2.24) is 19.6 Å². The minimum absolute atomic E-state index is 0.0296. The summed E-state index contributed by atoms with van der Waals surface area (Å²) in [5, 5.41) is 2.88. The van der Waals surface area contributed by atoms with Gasteiger partial charge < -0.3 is 10.2 Å². The predicted molar refractivity (Wildman–Crippen MR) is 82.9 cm³/mol. The number of rotatable bonds is 5. The van der Waals surface area contributed by atoms with Crippen molar-refractivity contribution >= 4 is 21.9 Å². The standard InChI is InChI=1S/C13H21N5O3S/c1-17(22(2,20)21)10-12(19)16-11-5-3-8-18(9-11)13-14-6-4-7-15-13/h4,6-7,11H,3,5,8-10H2,1-2H3,(H,16,19). The SMILES string of the molecule is CN(CC(=O)NC1CCCN(c2ncccn2)C1)S(C)(=O)=O. The van der Waals surface area contributed by atoms with Gasteiger partial charge in [0.05, 0.1) is 12.8 Å². The second-order valence-corrected chi connectivity index (χ2v) is 7.51. The molecule has 1 N–H and O–H groups in total. The van der Waals surface area contributed by atoms with Gasteiger partial charge in [-0.1, -0.05) is 0 Å². The first-order valence-corrected chi connectivity index (χ1v) is 8.94. The molecule has 1 aliphatic heterocycles. The molecule has 8 nitrogen and oxygen atoms in total. The molecule has 122 valence electrons. The first kappa shape index (κ1) is 16.6. The van der Waals surface area contributed by atoms with Crippen LogP contribution >= 0.6 is 0 Å². The molecule has 0 radical (unpaired) electrons. The molecule has 0 saturated carbocycles. The normalized spacial score (nSPS) is 19.2. The van der Waals surface area contributed by atoms with E-state index < -0.39 is 10.0 Å². The first-order valence-electron chi connectivity index (χ1n) is 7.09. The summed E-state index contributed by atoms with van der Waals surface area (Å²) >= 11 is 0. The highest BCUT2D eigenvalue weighted by Gasteiger charge is 2.24. The number of amides is 1. The molecule has 1 aromatic rings. The molecule has 2 heterocycles. The summed E-state index contributed by atoms with van der Waals surface area (Å²) < 4.78 is 23.7. The van der Waals surface area contributed by atoms with Crippen molar-refractivity contribution in [1.29, 1.82) is 0 Å². The van der Waals surface area contributed by atoms with Crippen molar-refractivity contribution in [2.75, 3.05) is 37.8 Å².